The third kappa shape index (κ3) is 4.85. The Balaban J connectivity index is 1.36. The average Bonchev–Trinajstić information content (AvgIpc) is 3.62. The maximum absolute atomic E-state index is 14.1. The molecule has 7 nitrogen and oxygen atoms in total. The second-order valence-electron chi connectivity index (χ2n) is 9.06. The number of rotatable bonds is 7. The van der Waals surface area contributed by atoms with Gasteiger partial charge in [-0.15, -0.1) is 5.10 Å². The van der Waals surface area contributed by atoms with Gasteiger partial charge >= 0.3 is 12.1 Å². The Morgan fingerprint density at radius 2 is 1.79 bits per heavy atom. The smallest absolute Gasteiger partial charge is 0.413 e. The van der Waals surface area contributed by atoms with Gasteiger partial charge in [0.2, 0.25) is 5.95 Å². The quantitative estimate of drug-likeness (QED) is 0.248. The predicted octanol–water partition coefficient (Wildman–Crippen LogP) is 7.41. The summed E-state index contributed by atoms with van der Waals surface area (Å²) in [6.07, 6.45) is -0.345. The van der Waals surface area contributed by atoms with Crippen molar-refractivity contribution < 1.29 is 23.8 Å². The van der Waals surface area contributed by atoms with E-state index in [1.54, 1.807) is 67.6 Å². The molecule has 10 heteroatoms. The minimum Gasteiger partial charge on any atom is -0.481 e. The highest BCUT2D eigenvalue weighted by Gasteiger charge is 2.53. The lowest BCUT2D eigenvalue weighted by Crippen LogP contribution is -2.20. The second kappa shape index (κ2) is 10.1. The summed E-state index contributed by atoms with van der Waals surface area (Å²) in [6.45, 7) is 1.68. The van der Waals surface area contributed by atoms with Crippen LogP contribution in [0.15, 0.2) is 72.8 Å². The molecule has 1 aliphatic carbocycles. The first-order chi connectivity index (χ1) is 18.2. The van der Waals surface area contributed by atoms with Gasteiger partial charge in [-0.2, -0.15) is 4.39 Å². The summed E-state index contributed by atoms with van der Waals surface area (Å²) in [7, 11) is 0. The normalized spacial score (nSPS) is 14.5. The van der Waals surface area contributed by atoms with E-state index in [1.165, 1.54) is 4.68 Å². The monoisotopic (exact) mass is 553 g/mol. The van der Waals surface area contributed by atoms with Gasteiger partial charge in [-0.3, -0.25) is 10.1 Å². The van der Waals surface area contributed by atoms with Crippen molar-refractivity contribution in [2.45, 2.75) is 31.3 Å². The minimum absolute atomic E-state index is 0.0729. The molecular weight excluding hydrogens is 532 g/mol. The first-order valence-electron chi connectivity index (χ1n) is 11.8. The van der Waals surface area contributed by atoms with Gasteiger partial charge in [0.05, 0.1) is 16.1 Å². The summed E-state index contributed by atoms with van der Waals surface area (Å²) in [5.41, 5.74) is 2.21. The van der Waals surface area contributed by atoms with Gasteiger partial charge < -0.3 is 9.84 Å². The number of hydrogen-bond donors (Lipinski definition) is 2. The molecule has 4 aromatic rings. The Kier molecular flexibility index (Phi) is 6.86. The maximum Gasteiger partial charge on any atom is 0.413 e. The molecule has 0 radical (unpaired) electrons. The number of carboxylic acids is 1. The van der Waals surface area contributed by atoms with Crippen LogP contribution in [0.5, 0.6) is 0 Å². The fourth-order valence-corrected chi connectivity index (χ4v) is 5.14. The number of nitrogens with one attached hydrogen (secondary N) is 1. The second-order valence-corrected chi connectivity index (χ2v) is 9.84. The molecule has 5 rings (SSSR count). The Hall–Kier alpha value is -3.88. The van der Waals surface area contributed by atoms with Crippen LogP contribution in [0.3, 0.4) is 0 Å². The lowest BCUT2D eigenvalue weighted by molar-refractivity contribution is -0.140. The largest absolute Gasteiger partial charge is 0.481 e. The molecule has 194 valence electrons. The highest BCUT2D eigenvalue weighted by atomic mass is 35.5. The molecule has 3 aromatic carbocycles. The number of halogens is 3. The molecule has 1 saturated carbocycles. The number of benzene rings is 3. The van der Waals surface area contributed by atoms with Crippen LogP contribution in [-0.2, 0) is 14.9 Å². The zero-order valence-electron chi connectivity index (χ0n) is 20.1. The van der Waals surface area contributed by atoms with Crippen molar-refractivity contribution in [2.24, 2.45) is 0 Å². The van der Waals surface area contributed by atoms with Gasteiger partial charge in [0.25, 0.3) is 0 Å². The van der Waals surface area contributed by atoms with Crippen molar-refractivity contribution in [2.75, 3.05) is 5.32 Å². The maximum atomic E-state index is 14.1. The van der Waals surface area contributed by atoms with E-state index in [4.69, 9.17) is 27.9 Å². The van der Waals surface area contributed by atoms with Crippen LogP contribution in [0.1, 0.15) is 37.0 Å². The molecule has 2 N–H and O–H groups in total. The van der Waals surface area contributed by atoms with E-state index in [-0.39, 0.29) is 5.82 Å². The van der Waals surface area contributed by atoms with Gasteiger partial charge in [0.15, 0.2) is 0 Å². The number of aromatic nitrogens is 2. The Bertz CT molecular complexity index is 1530. The molecule has 0 saturated heterocycles. The number of carbonyl (C=O) groups is 2. The molecule has 1 heterocycles. The van der Waals surface area contributed by atoms with Crippen LogP contribution >= 0.6 is 23.2 Å². The summed E-state index contributed by atoms with van der Waals surface area (Å²) < 4.78 is 20.8. The molecule has 1 amide bonds. The molecule has 38 heavy (non-hydrogen) atoms. The molecule has 1 aromatic heterocycles. The Morgan fingerprint density at radius 3 is 2.45 bits per heavy atom. The molecule has 0 bridgehead atoms. The number of hydrogen-bond acceptors (Lipinski definition) is 4. The van der Waals surface area contributed by atoms with Crippen molar-refractivity contribution in [1.82, 2.24) is 9.78 Å². The fourth-order valence-electron chi connectivity index (χ4n) is 4.43. The van der Waals surface area contributed by atoms with Crippen molar-refractivity contribution >= 4 is 41.1 Å². The number of ether oxygens (including phenoxy) is 1. The number of carbonyl (C=O) groups excluding carboxylic acids is 1. The highest BCUT2D eigenvalue weighted by molar-refractivity contribution is 6.34. The highest BCUT2D eigenvalue weighted by Crippen LogP contribution is 2.52. The average molecular weight is 554 g/mol. The number of anilines is 1. The first-order valence-corrected chi connectivity index (χ1v) is 12.6. The van der Waals surface area contributed by atoms with Crippen LogP contribution in [0.25, 0.3) is 16.8 Å². The summed E-state index contributed by atoms with van der Waals surface area (Å²) in [4.78, 5) is 24.3. The van der Waals surface area contributed by atoms with E-state index in [1.807, 2.05) is 6.07 Å². The van der Waals surface area contributed by atoms with E-state index in [0.29, 0.717) is 45.3 Å². The van der Waals surface area contributed by atoms with Crippen LogP contribution in [0.2, 0.25) is 10.0 Å². The zero-order valence-corrected chi connectivity index (χ0v) is 21.6. The Morgan fingerprint density at radius 1 is 1.08 bits per heavy atom. The molecule has 1 fully saturated rings. The minimum atomic E-state index is -0.932. The van der Waals surface area contributed by atoms with E-state index in [9.17, 15) is 19.1 Å². The number of carboxylic acid groups (broad SMARTS) is 1. The van der Waals surface area contributed by atoms with Crippen molar-refractivity contribution in [1.29, 1.82) is 0 Å². The van der Waals surface area contributed by atoms with E-state index >= 15 is 0 Å². The van der Waals surface area contributed by atoms with Gasteiger partial charge in [-0.05, 0) is 49.1 Å². The molecular formula is C28H22Cl2FN3O4. The fraction of sp³-hybridized carbons (Fsp3) is 0.179. The zero-order chi connectivity index (χ0) is 27.0. The summed E-state index contributed by atoms with van der Waals surface area (Å²) in [5, 5.41) is 16.9. The SMILES string of the molecule is CC(OC(=O)Nc1cc(F)nn1-c1ccc(-c2cccc(C3(C(=O)O)CC3)c2Cl)cc1)c1ccccc1Cl. The topological polar surface area (TPSA) is 93.5 Å². The number of amides is 1. The van der Waals surface area contributed by atoms with E-state index in [2.05, 4.69) is 10.4 Å². The van der Waals surface area contributed by atoms with Crippen molar-refractivity contribution in [3.8, 4) is 16.8 Å². The van der Waals surface area contributed by atoms with Crippen LogP contribution in [-0.4, -0.2) is 26.9 Å². The third-order valence-electron chi connectivity index (χ3n) is 6.63. The Labute approximate surface area is 227 Å². The molecule has 0 spiro atoms. The number of aliphatic carboxylic acids is 1. The molecule has 1 atom stereocenters. The van der Waals surface area contributed by atoms with Gasteiger partial charge in [-0.25, -0.2) is 9.48 Å². The first kappa shape index (κ1) is 25.8. The number of nitrogens with zero attached hydrogens (tertiary/aromatic N) is 2. The summed E-state index contributed by atoms with van der Waals surface area (Å²) in [6, 6.07) is 20.3. The van der Waals surface area contributed by atoms with Gasteiger partial charge in [0.1, 0.15) is 11.9 Å². The van der Waals surface area contributed by atoms with Crippen LogP contribution in [0, 0.1) is 5.95 Å². The predicted molar refractivity (Wildman–Crippen MR) is 142 cm³/mol. The standard InChI is InChI=1S/C28H22Cl2FN3O4/c1-16(19-5-2-3-8-22(19)29)38-27(37)32-24-15-23(31)33-34(24)18-11-9-17(10-12-18)20-6-4-7-21(25(20)30)28(13-14-28)26(35)36/h2-12,15-16H,13-14H2,1H3,(H,32,37)(H,35,36). The van der Waals surface area contributed by atoms with Gasteiger partial charge in [-0.1, -0.05) is 71.7 Å². The van der Waals surface area contributed by atoms with Crippen LogP contribution in [0.4, 0.5) is 15.0 Å². The third-order valence-corrected chi connectivity index (χ3v) is 7.38. The molecule has 1 aliphatic rings. The summed E-state index contributed by atoms with van der Waals surface area (Å²) in [5.74, 6) is -1.60. The lowest BCUT2D eigenvalue weighted by Gasteiger charge is -2.16. The lowest BCUT2D eigenvalue weighted by atomic mass is 9.92. The van der Waals surface area contributed by atoms with Crippen LogP contribution < -0.4 is 5.32 Å². The van der Waals surface area contributed by atoms with E-state index < -0.39 is 29.5 Å². The molecule has 0 aliphatic heterocycles. The van der Waals surface area contributed by atoms with E-state index in [0.717, 1.165) is 11.6 Å². The van der Waals surface area contributed by atoms with Crippen molar-refractivity contribution in [3.63, 3.8) is 0 Å². The molecule has 1 unspecified atom stereocenters. The van der Waals surface area contributed by atoms with Gasteiger partial charge in [0, 0.05) is 22.2 Å². The summed E-state index contributed by atoms with van der Waals surface area (Å²) >= 11 is 12.8. The van der Waals surface area contributed by atoms with Crippen molar-refractivity contribution in [3.05, 3.63) is 99.9 Å².